The minimum Gasteiger partial charge on any atom is -0.476 e. The molecule has 1 N–H and O–H groups in total. The van der Waals surface area contributed by atoms with Gasteiger partial charge in [-0.05, 0) is 24.1 Å². The molecule has 0 unspecified atom stereocenters. The van der Waals surface area contributed by atoms with Crippen molar-refractivity contribution in [2.45, 2.75) is 6.42 Å². The van der Waals surface area contributed by atoms with Crippen LogP contribution in [-0.2, 0) is 4.74 Å². The molecule has 0 spiro atoms. The molecule has 0 radical (unpaired) electrons. The molecule has 102 valence electrons. The lowest BCUT2D eigenvalue weighted by molar-refractivity contribution is 0.0691. The van der Waals surface area contributed by atoms with Crippen molar-refractivity contribution in [3.63, 3.8) is 0 Å². The molecule has 0 saturated carbocycles. The van der Waals surface area contributed by atoms with Crippen LogP contribution in [0.1, 0.15) is 16.9 Å². The Kier molecular flexibility index (Phi) is 4.39. The highest BCUT2D eigenvalue weighted by atomic mass is 35.5. The molecule has 0 atom stereocenters. The van der Waals surface area contributed by atoms with Gasteiger partial charge in [-0.1, -0.05) is 17.7 Å². The minimum absolute atomic E-state index is 0.106. The van der Waals surface area contributed by atoms with Crippen molar-refractivity contribution >= 4 is 23.4 Å². The van der Waals surface area contributed by atoms with E-state index >= 15 is 0 Å². The molecule has 1 aromatic rings. The Morgan fingerprint density at radius 1 is 1.58 bits per heavy atom. The Morgan fingerprint density at radius 3 is 2.95 bits per heavy atom. The number of aromatic carboxylic acids is 1. The second-order valence-electron chi connectivity index (χ2n) is 4.30. The first kappa shape index (κ1) is 13.8. The summed E-state index contributed by atoms with van der Waals surface area (Å²) in [5.74, 6) is -0.478. The number of nitrogens with zero attached hydrogens (tertiary/aromatic N) is 2. The van der Waals surface area contributed by atoms with E-state index in [1.807, 2.05) is 4.90 Å². The first-order chi connectivity index (χ1) is 9.11. The molecule has 0 bridgehead atoms. The molecular formula is C13H15ClN2O3. The van der Waals surface area contributed by atoms with Crippen molar-refractivity contribution in [2.24, 2.45) is 0 Å². The van der Waals surface area contributed by atoms with Crippen LogP contribution in [0, 0.1) is 0 Å². The molecule has 5 nitrogen and oxygen atoms in total. The predicted octanol–water partition coefficient (Wildman–Crippen LogP) is 2.22. The molecular weight excluding hydrogens is 268 g/mol. The van der Waals surface area contributed by atoms with E-state index in [4.69, 9.17) is 21.4 Å². The number of carboxylic acid groups (broad SMARTS) is 1. The van der Waals surface area contributed by atoms with E-state index in [0.717, 1.165) is 13.0 Å². The van der Waals surface area contributed by atoms with Crippen molar-refractivity contribution < 1.29 is 14.6 Å². The zero-order chi connectivity index (χ0) is 13.8. The van der Waals surface area contributed by atoms with Crippen LogP contribution in [0.5, 0.6) is 0 Å². The van der Waals surface area contributed by atoms with Crippen LogP contribution in [0.4, 0.5) is 5.82 Å². The number of carbonyl (C=O) groups is 1. The summed E-state index contributed by atoms with van der Waals surface area (Å²) < 4.78 is 5.09. The van der Waals surface area contributed by atoms with Gasteiger partial charge in [-0.25, -0.2) is 9.78 Å². The summed E-state index contributed by atoms with van der Waals surface area (Å²) in [5, 5.41) is 9.16. The molecule has 2 heterocycles. The standard InChI is InChI=1S/C13H15ClN2O3/c1-19-8-9-4-6-16(7-5-9)11-3-2-10(14)12(15-11)13(17)18/h2-4H,5-8H2,1H3,(H,17,18). The van der Waals surface area contributed by atoms with Gasteiger partial charge in [0.25, 0.3) is 0 Å². The number of aromatic nitrogens is 1. The smallest absolute Gasteiger partial charge is 0.356 e. The summed E-state index contributed by atoms with van der Waals surface area (Å²) in [6, 6.07) is 3.31. The van der Waals surface area contributed by atoms with Gasteiger partial charge in [0, 0.05) is 20.2 Å². The average Bonchev–Trinajstić information content (AvgIpc) is 2.40. The van der Waals surface area contributed by atoms with Gasteiger partial charge >= 0.3 is 5.97 Å². The summed E-state index contributed by atoms with van der Waals surface area (Å²) in [6.45, 7) is 2.14. The third kappa shape index (κ3) is 3.24. The van der Waals surface area contributed by atoms with E-state index in [1.54, 1.807) is 19.2 Å². The SMILES string of the molecule is COCC1=CCN(c2ccc(Cl)c(C(=O)O)n2)CC1. The fraction of sp³-hybridized carbons (Fsp3) is 0.385. The van der Waals surface area contributed by atoms with Crippen molar-refractivity contribution in [3.8, 4) is 0 Å². The Morgan fingerprint density at radius 2 is 2.37 bits per heavy atom. The van der Waals surface area contributed by atoms with Crippen molar-refractivity contribution in [1.29, 1.82) is 0 Å². The van der Waals surface area contributed by atoms with Crippen LogP contribution in [-0.4, -0.2) is 42.9 Å². The molecule has 1 aliphatic heterocycles. The summed E-state index contributed by atoms with van der Waals surface area (Å²) in [4.78, 5) is 17.1. The molecule has 19 heavy (non-hydrogen) atoms. The van der Waals surface area contributed by atoms with Crippen LogP contribution >= 0.6 is 11.6 Å². The van der Waals surface area contributed by atoms with E-state index < -0.39 is 5.97 Å². The zero-order valence-corrected chi connectivity index (χ0v) is 11.4. The number of hydrogen-bond acceptors (Lipinski definition) is 4. The summed E-state index contributed by atoms with van der Waals surface area (Å²) >= 11 is 5.80. The van der Waals surface area contributed by atoms with Crippen LogP contribution in [0.25, 0.3) is 0 Å². The molecule has 0 aromatic carbocycles. The fourth-order valence-corrected chi connectivity index (χ4v) is 2.18. The topological polar surface area (TPSA) is 62.7 Å². The lowest BCUT2D eigenvalue weighted by atomic mass is 10.1. The normalized spacial score (nSPS) is 15.3. The molecule has 2 rings (SSSR count). The maximum atomic E-state index is 11.0. The van der Waals surface area contributed by atoms with Gasteiger partial charge < -0.3 is 14.7 Å². The maximum absolute atomic E-state index is 11.0. The van der Waals surface area contributed by atoms with Gasteiger partial charge in [0.1, 0.15) is 5.82 Å². The van der Waals surface area contributed by atoms with E-state index in [2.05, 4.69) is 11.1 Å². The summed E-state index contributed by atoms with van der Waals surface area (Å²) in [5.41, 5.74) is 1.15. The van der Waals surface area contributed by atoms with Gasteiger partial charge in [-0.15, -0.1) is 0 Å². The molecule has 0 fully saturated rings. The Hall–Kier alpha value is -1.59. The van der Waals surface area contributed by atoms with Gasteiger partial charge in [0.2, 0.25) is 0 Å². The van der Waals surface area contributed by atoms with E-state index in [0.29, 0.717) is 19.0 Å². The van der Waals surface area contributed by atoms with Crippen molar-refractivity contribution in [1.82, 2.24) is 4.98 Å². The zero-order valence-electron chi connectivity index (χ0n) is 10.6. The molecule has 1 aliphatic rings. The van der Waals surface area contributed by atoms with Crippen LogP contribution < -0.4 is 4.90 Å². The quantitative estimate of drug-likeness (QED) is 0.858. The molecule has 0 saturated heterocycles. The Bertz CT molecular complexity index is 517. The number of pyridine rings is 1. The highest BCUT2D eigenvalue weighted by molar-refractivity contribution is 6.33. The predicted molar refractivity (Wildman–Crippen MR) is 73.0 cm³/mol. The number of halogens is 1. The highest BCUT2D eigenvalue weighted by Gasteiger charge is 2.17. The third-order valence-electron chi connectivity index (χ3n) is 2.99. The summed E-state index contributed by atoms with van der Waals surface area (Å²) in [7, 11) is 1.67. The average molecular weight is 283 g/mol. The van der Waals surface area contributed by atoms with Crippen LogP contribution in [0.15, 0.2) is 23.8 Å². The third-order valence-corrected chi connectivity index (χ3v) is 3.30. The molecule has 6 heteroatoms. The lowest BCUT2D eigenvalue weighted by Crippen LogP contribution is -2.30. The van der Waals surface area contributed by atoms with Gasteiger partial charge in [0.05, 0.1) is 11.6 Å². The van der Waals surface area contributed by atoms with E-state index in [-0.39, 0.29) is 10.7 Å². The number of ether oxygens (including phenoxy) is 1. The van der Waals surface area contributed by atoms with Crippen molar-refractivity contribution in [3.05, 3.63) is 34.5 Å². The number of hydrogen-bond donors (Lipinski definition) is 1. The van der Waals surface area contributed by atoms with Crippen LogP contribution in [0.3, 0.4) is 0 Å². The Labute approximate surface area is 116 Å². The van der Waals surface area contributed by atoms with Gasteiger partial charge in [0.15, 0.2) is 5.69 Å². The first-order valence-corrected chi connectivity index (χ1v) is 6.31. The van der Waals surface area contributed by atoms with Gasteiger partial charge in [-0.2, -0.15) is 0 Å². The number of methoxy groups -OCH3 is 1. The highest BCUT2D eigenvalue weighted by Crippen LogP contribution is 2.22. The maximum Gasteiger partial charge on any atom is 0.356 e. The minimum atomic E-state index is -1.11. The lowest BCUT2D eigenvalue weighted by Gasteiger charge is -2.27. The number of rotatable bonds is 4. The van der Waals surface area contributed by atoms with Crippen molar-refractivity contribution in [2.75, 3.05) is 31.7 Å². The van der Waals surface area contributed by atoms with E-state index in [1.165, 1.54) is 5.57 Å². The summed E-state index contributed by atoms with van der Waals surface area (Å²) in [6.07, 6.45) is 2.98. The second-order valence-corrected chi connectivity index (χ2v) is 4.70. The molecule has 0 aliphatic carbocycles. The van der Waals surface area contributed by atoms with Gasteiger partial charge in [-0.3, -0.25) is 0 Å². The first-order valence-electron chi connectivity index (χ1n) is 5.93. The van der Waals surface area contributed by atoms with Crippen LogP contribution in [0.2, 0.25) is 5.02 Å². The second kappa shape index (κ2) is 6.04. The monoisotopic (exact) mass is 282 g/mol. The van der Waals surface area contributed by atoms with E-state index in [9.17, 15) is 4.79 Å². The number of carboxylic acids is 1. The largest absolute Gasteiger partial charge is 0.476 e. The molecule has 0 amide bonds. The Balaban J connectivity index is 2.16. The fourth-order valence-electron chi connectivity index (χ4n) is 1.99. The number of anilines is 1. The molecule has 1 aromatic heterocycles.